The van der Waals surface area contributed by atoms with Gasteiger partial charge in [-0.2, -0.15) is 0 Å². The number of benzene rings is 2. The van der Waals surface area contributed by atoms with Crippen LogP contribution in [0.25, 0.3) is 6.08 Å². The highest BCUT2D eigenvalue weighted by Gasteiger charge is 2.37. The molecule has 2 heterocycles. The summed E-state index contributed by atoms with van der Waals surface area (Å²) in [6.07, 6.45) is 2.58. The van der Waals surface area contributed by atoms with Crippen LogP contribution in [0.2, 0.25) is 5.02 Å². The summed E-state index contributed by atoms with van der Waals surface area (Å²) in [6.45, 7) is 9.71. The molecule has 1 fully saturated rings. The van der Waals surface area contributed by atoms with Crippen LogP contribution >= 0.6 is 23.8 Å². The van der Waals surface area contributed by atoms with Crippen LogP contribution in [-0.2, 0) is 9.59 Å². The first-order valence-corrected chi connectivity index (χ1v) is 12.0. The second-order valence-electron chi connectivity index (χ2n) is 9.25. The van der Waals surface area contributed by atoms with Crippen molar-refractivity contribution >= 4 is 58.2 Å². The number of rotatable bonds is 4. The number of halogens is 1. The Bertz CT molecular complexity index is 1210. The highest BCUT2D eigenvalue weighted by atomic mass is 35.5. The summed E-state index contributed by atoms with van der Waals surface area (Å²) in [5, 5.41) is 3.19. The van der Waals surface area contributed by atoms with E-state index >= 15 is 0 Å². The van der Waals surface area contributed by atoms with Crippen molar-refractivity contribution in [3.05, 3.63) is 58.1 Å². The molecular weight excluding hydrogens is 470 g/mol. The number of nitrogens with zero attached hydrogens (tertiary/aromatic N) is 2. The van der Waals surface area contributed by atoms with Crippen LogP contribution < -0.4 is 19.9 Å². The zero-order chi connectivity index (χ0) is 24.8. The molecule has 0 bridgehead atoms. The van der Waals surface area contributed by atoms with E-state index in [4.69, 9.17) is 28.6 Å². The van der Waals surface area contributed by atoms with E-state index < -0.39 is 11.8 Å². The maximum atomic E-state index is 13.4. The largest absolute Gasteiger partial charge is 0.496 e. The predicted octanol–water partition coefficient (Wildman–Crippen LogP) is 5.29. The molecule has 1 saturated heterocycles. The van der Waals surface area contributed by atoms with Crippen LogP contribution in [0.4, 0.5) is 11.4 Å². The van der Waals surface area contributed by atoms with Gasteiger partial charge >= 0.3 is 0 Å². The monoisotopic (exact) mass is 497 g/mol. The molecule has 178 valence electrons. The minimum absolute atomic E-state index is 0.0140. The Hall–Kier alpha value is -2.90. The number of methoxy groups -OCH3 is 1. The van der Waals surface area contributed by atoms with Gasteiger partial charge in [0.15, 0.2) is 5.11 Å². The Morgan fingerprint density at radius 2 is 1.91 bits per heavy atom. The van der Waals surface area contributed by atoms with Gasteiger partial charge < -0.3 is 9.64 Å². The van der Waals surface area contributed by atoms with Crippen LogP contribution in [0.3, 0.4) is 0 Å². The van der Waals surface area contributed by atoms with Gasteiger partial charge in [-0.05, 0) is 87.3 Å². The van der Waals surface area contributed by atoms with Crippen molar-refractivity contribution in [2.75, 3.05) is 23.5 Å². The number of ether oxygens (including phenoxy) is 1. The average Bonchev–Trinajstić information content (AvgIpc) is 2.77. The molecule has 0 saturated carbocycles. The van der Waals surface area contributed by atoms with Crippen LogP contribution in [0.1, 0.15) is 51.2 Å². The van der Waals surface area contributed by atoms with E-state index in [0.29, 0.717) is 27.9 Å². The van der Waals surface area contributed by atoms with Gasteiger partial charge in [-0.15, -0.1) is 0 Å². The number of hydrogen-bond acceptors (Lipinski definition) is 5. The van der Waals surface area contributed by atoms with Crippen molar-refractivity contribution in [1.82, 2.24) is 5.32 Å². The van der Waals surface area contributed by atoms with Crippen LogP contribution in [0.15, 0.2) is 42.0 Å². The average molecular weight is 498 g/mol. The summed E-state index contributed by atoms with van der Waals surface area (Å²) >= 11 is 11.3. The smallest absolute Gasteiger partial charge is 0.270 e. The summed E-state index contributed by atoms with van der Waals surface area (Å²) in [6, 6.07) is 10.7. The minimum Gasteiger partial charge on any atom is -0.496 e. The Balaban J connectivity index is 1.80. The van der Waals surface area contributed by atoms with Gasteiger partial charge in [0.05, 0.1) is 12.8 Å². The lowest BCUT2D eigenvalue weighted by Crippen LogP contribution is -2.54. The lowest BCUT2D eigenvalue weighted by atomic mass is 9.79. The molecule has 2 aliphatic rings. The third kappa shape index (κ3) is 4.18. The van der Waals surface area contributed by atoms with E-state index in [1.165, 1.54) is 10.5 Å². The van der Waals surface area contributed by atoms with E-state index in [9.17, 15) is 9.59 Å². The molecule has 6 nitrogen and oxygen atoms in total. The standard InChI is InChI=1S/C26H28ClN3O3S/c1-6-29-21-13-22(33-5)16(11-19(21)15(2)14-26(29,3)4)12-20-23(31)28-25(34)30(24(20)32)18-9-7-17(27)8-10-18/h7-13,15H,6,14H2,1-5H3,(H,28,31,34)/b20-12-. The highest BCUT2D eigenvalue weighted by Crippen LogP contribution is 2.46. The molecule has 34 heavy (non-hydrogen) atoms. The van der Waals surface area contributed by atoms with E-state index in [2.05, 4.69) is 37.9 Å². The van der Waals surface area contributed by atoms with Crippen molar-refractivity contribution in [1.29, 1.82) is 0 Å². The number of anilines is 2. The van der Waals surface area contributed by atoms with E-state index in [1.54, 1.807) is 37.5 Å². The fraction of sp³-hybridized carbons (Fsp3) is 0.346. The molecular formula is C26H28ClN3O3S. The number of nitrogens with one attached hydrogen (secondary N) is 1. The second-order valence-corrected chi connectivity index (χ2v) is 10.1. The molecule has 0 radical (unpaired) electrons. The van der Waals surface area contributed by atoms with Gasteiger partial charge in [0.25, 0.3) is 11.8 Å². The van der Waals surface area contributed by atoms with Gasteiger partial charge in [0.1, 0.15) is 11.3 Å². The van der Waals surface area contributed by atoms with Crippen molar-refractivity contribution in [2.45, 2.75) is 45.6 Å². The van der Waals surface area contributed by atoms with Gasteiger partial charge in [-0.25, -0.2) is 0 Å². The van der Waals surface area contributed by atoms with Crippen LogP contribution in [0.5, 0.6) is 5.75 Å². The van der Waals surface area contributed by atoms with Gasteiger partial charge in [0, 0.05) is 34.4 Å². The minimum atomic E-state index is -0.538. The number of fused-ring (bicyclic) bond motifs is 1. The molecule has 4 rings (SSSR count). The van der Waals surface area contributed by atoms with Crippen molar-refractivity contribution < 1.29 is 14.3 Å². The molecule has 8 heteroatoms. The molecule has 0 aromatic heterocycles. The molecule has 2 amide bonds. The Labute approximate surface area is 210 Å². The molecule has 0 spiro atoms. The maximum Gasteiger partial charge on any atom is 0.270 e. The van der Waals surface area contributed by atoms with Gasteiger partial charge in [-0.3, -0.25) is 19.8 Å². The molecule has 0 aliphatic carbocycles. The molecule has 1 unspecified atom stereocenters. The number of thiocarbonyl (C=S) groups is 1. The van der Waals surface area contributed by atoms with E-state index in [-0.39, 0.29) is 16.2 Å². The predicted molar refractivity (Wildman–Crippen MR) is 141 cm³/mol. The number of carbonyl (C=O) groups excluding carboxylic acids is 2. The van der Waals surface area contributed by atoms with Gasteiger partial charge in [0.2, 0.25) is 0 Å². The number of amides is 2. The third-order valence-corrected chi connectivity index (χ3v) is 7.08. The Kier molecular flexibility index (Phi) is 6.44. The highest BCUT2D eigenvalue weighted by molar-refractivity contribution is 7.80. The lowest BCUT2D eigenvalue weighted by molar-refractivity contribution is -0.122. The van der Waals surface area contributed by atoms with Crippen molar-refractivity contribution in [3.8, 4) is 5.75 Å². The summed E-state index contributed by atoms with van der Waals surface area (Å²) in [4.78, 5) is 29.9. The number of carbonyl (C=O) groups is 2. The SMILES string of the molecule is CCN1c2cc(OC)c(/C=C3/C(=O)NC(=S)N(c4ccc(Cl)cc4)C3=O)cc2C(C)CC1(C)C. The number of hydrogen-bond donors (Lipinski definition) is 1. The van der Waals surface area contributed by atoms with Crippen LogP contribution in [0, 0.1) is 0 Å². The molecule has 1 N–H and O–H groups in total. The van der Waals surface area contributed by atoms with Gasteiger partial charge in [-0.1, -0.05) is 18.5 Å². The molecule has 2 aromatic carbocycles. The second kappa shape index (κ2) is 9.04. The quantitative estimate of drug-likeness (QED) is 0.353. The normalized spacial score (nSPS) is 20.9. The molecule has 2 aromatic rings. The van der Waals surface area contributed by atoms with E-state index in [0.717, 1.165) is 18.7 Å². The summed E-state index contributed by atoms with van der Waals surface area (Å²) < 4.78 is 5.70. The first-order chi connectivity index (χ1) is 16.1. The third-order valence-electron chi connectivity index (χ3n) is 6.54. The molecule has 1 atom stereocenters. The Morgan fingerprint density at radius 3 is 2.53 bits per heavy atom. The fourth-order valence-corrected chi connectivity index (χ4v) is 5.46. The first-order valence-electron chi connectivity index (χ1n) is 11.2. The summed E-state index contributed by atoms with van der Waals surface area (Å²) in [5.41, 5.74) is 3.48. The summed E-state index contributed by atoms with van der Waals surface area (Å²) in [7, 11) is 1.59. The van der Waals surface area contributed by atoms with E-state index in [1.807, 2.05) is 12.1 Å². The van der Waals surface area contributed by atoms with Crippen molar-refractivity contribution in [3.63, 3.8) is 0 Å². The fourth-order valence-electron chi connectivity index (χ4n) is 5.05. The first kappa shape index (κ1) is 24.2. The Morgan fingerprint density at radius 1 is 1.24 bits per heavy atom. The lowest BCUT2D eigenvalue weighted by Gasteiger charge is -2.47. The zero-order valence-electron chi connectivity index (χ0n) is 19.9. The van der Waals surface area contributed by atoms with Crippen molar-refractivity contribution in [2.24, 2.45) is 0 Å². The zero-order valence-corrected chi connectivity index (χ0v) is 21.5. The van der Waals surface area contributed by atoms with Crippen LogP contribution in [-0.4, -0.2) is 36.1 Å². The maximum absolute atomic E-state index is 13.4. The molecule has 2 aliphatic heterocycles. The summed E-state index contributed by atoms with van der Waals surface area (Å²) in [5.74, 6) is -0.129. The topological polar surface area (TPSA) is 61.9 Å².